The summed E-state index contributed by atoms with van der Waals surface area (Å²) in [5.41, 5.74) is 1.07. The van der Waals surface area contributed by atoms with Crippen molar-refractivity contribution >= 4 is 17.6 Å². The number of ether oxygens (including phenoxy) is 2. The predicted molar refractivity (Wildman–Crippen MR) is 120 cm³/mol. The molecule has 3 aromatic rings. The highest BCUT2D eigenvalue weighted by atomic mass is 19.1. The zero-order valence-corrected chi connectivity index (χ0v) is 18.9. The van der Waals surface area contributed by atoms with E-state index in [2.05, 4.69) is 20.3 Å². The van der Waals surface area contributed by atoms with Crippen molar-refractivity contribution in [1.29, 1.82) is 0 Å². The summed E-state index contributed by atoms with van der Waals surface area (Å²) in [6, 6.07) is 3.11. The van der Waals surface area contributed by atoms with Crippen LogP contribution in [0.5, 0.6) is 11.6 Å². The van der Waals surface area contributed by atoms with Gasteiger partial charge in [0.2, 0.25) is 11.5 Å². The zero-order valence-electron chi connectivity index (χ0n) is 18.9. The van der Waals surface area contributed by atoms with E-state index in [1.54, 1.807) is 10.7 Å². The van der Waals surface area contributed by atoms with Gasteiger partial charge in [-0.25, -0.2) is 23.7 Å². The number of carbonyl (C=O) groups is 1. The van der Waals surface area contributed by atoms with Gasteiger partial charge in [0.05, 0.1) is 31.6 Å². The summed E-state index contributed by atoms with van der Waals surface area (Å²) in [5.74, 6) is 0.875. The van der Waals surface area contributed by atoms with Gasteiger partial charge in [-0.3, -0.25) is 0 Å². The number of hydrogen-bond donors (Lipinski definition) is 2. The number of hydrogen-bond acceptors (Lipinski definition) is 8. The van der Waals surface area contributed by atoms with Crippen LogP contribution >= 0.6 is 0 Å². The van der Waals surface area contributed by atoms with Crippen molar-refractivity contribution in [3.8, 4) is 11.6 Å². The van der Waals surface area contributed by atoms with E-state index in [4.69, 9.17) is 14.5 Å². The summed E-state index contributed by atoms with van der Waals surface area (Å²) in [6.07, 6.45) is 7.93. The average Bonchev–Trinajstić information content (AvgIpc) is 3.48. The van der Waals surface area contributed by atoms with Crippen molar-refractivity contribution < 1.29 is 23.8 Å². The fraction of sp³-hybridized carbons (Fsp3) is 0.478. The van der Waals surface area contributed by atoms with E-state index in [1.165, 1.54) is 19.4 Å². The summed E-state index contributed by atoms with van der Waals surface area (Å²) in [7, 11) is 1.52. The molecule has 1 atom stereocenters. The third-order valence-corrected chi connectivity index (χ3v) is 6.49. The van der Waals surface area contributed by atoms with Gasteiger partial charge in [-0.1, -0.05) is 0 Å². The molecule has 1 saturated carbocycles. The van der Waals surface area contributed by atoms with Crippen LogP contribution in [0.3, 0.4) is 0 Å². The molecule has 1 aliphatic carbocycles. The highest BCUT2D eigenvalue weighted by Gasteiger charge is 2.31. The standard InChI is InChI=1S/C23H27FN6O4/c1-33-22-17(11-14(24)12-25-22)18-3-2-9-29(18)20-8-10-30-21(28-20)19(13-26-30)34-23(32)27-15-4-6-16(31)7-5-15/h8,10-13,15-16,18,31H,2-7,9H2,1H3,(H,27,32)/t15?,16?,18-/m1/s1. The van der Waals surface area contributed by atoms with E-state index in [9.17, 15) is 14.3 Å². The Morgan fingerprint density at radius 3 is 2.85 bits per heavy atom. The van der Waals surface area contributed by atoms with Crippen LogP contribution < -0.4 is 19.7 Å². The summed E-state index contributed by atoms with van der Waals surface area (Å²) in [5, 5.41) is 16.7. The van der Waals surface area contributed by atoms with Crippen LogP contribution in [0.15, 0.2) is 30.7 Å². The van der Waals surface area contributed by atoms with E-state index in [-0.39, 0.29) is 23.9 Å². The molecule has 1 aliphatic heterocycles. The molecule has 2 N–H and O–H groups in total. The van der Waals surface area contributed by atoms with Crippen LogP contribution in [0.2, 0.25) is 0 Å². The Morgan fingerprint density at radius 2 is 2.06 bits per heavy atom. The maximum absolute atomic E-state index is 14.0. The van der Waals surface area contributed by atoms with Gasteiger partial charge in [-0.05, 0) is 50.7 Å². The number of nitrogens with one attached hydrogen (secondary N) is 1. The number of rotatable bonds is 5. The highest BCUT2D eigenvalue weighted by Crippen LogP contribution is 2.39. The van der Waals surface area contributed by atoms with Gasteiger partial charge in [0.25, 0.3) is 0 Å². The van der Waals surface area contributed by atoms with Gasteiger partial charge in [0.15, 0.2) is 5.75 Å². The van der Waals surface area contributed by atoms with E-state index < -0.39 is 11.9 Å². The largest absolute Gasteiger partial charge is 0.481 e. The van der Waals surface area contributed by atoms with Crippen molar-refractivity contribution in [2.24, 2.45) is 0 Å². The number of nitrogens with zero attached hydrogens (tertiary/aromatic N) is 5. The Kier molecular flexibility index (Phi) is 6.18. The molecule has 0 spiro atoms. The monoisotopic (exact) mass is 470 g/mol. The summed E-state index contributed by atoms with van der Waals surface area (Å²) < 4.78 is 26.4. The topological polar surface area (TPSA) is 114 Å². The molecule has 0 unspecified atom stereocenters. The van der Waals surface area contributed by atoms with Crippen LogP contribution in [0.4, 0.5) is 15.0 Å². The minimum Gasteiger partial charge on any atom is -0.481 e. The first kappa shape index (κ1) is 22.3. The molecule has 11 heteroatoms. The van der Waals surface area contributed by atoms with Crippen molar-refractivity contribution in [3.05, 3.63) is 42.1 Å². The predicted octanol–water partition coefficient (Wildman–Crippen LogP) is 3.01. The highest BCUT2D eigenvalue weighted by molar-refractivity contribution is 5.73. The first-order valence-electron chi connectivity index (χ1n) is 11.5. The molecule has 2 fully saturated rings. The Labute approximate surface area is 195 Å². The summed E-state index contributed by atoms with van der Waals surface area (Å²) in [4.78, 5) is 23.3. The Balaban J connectivity index is 1.36. The summed E-state index contributed by atoms with van der Waals surface area (Å²) >= 11 is 0. The van der Waals surface area contributed by atoms with Crippen LogP contribution in [0, 0.1) is 5.82 Å². The molecule has 4 heterocycles. The lowest BCUT2D eigenvalue weighted by Gasteiger charge is -2.27. The number of aliphatic hydroxyl groups excluding tert-OH is 1. The van der Waals surface area contributed by atoms with E-state index in [0.29, 0.717) is 48.6 Å². The molecule has 2 aliphatic rings. The Bertz CT molecular complexity index is 1180. The third-order valence-electron chi connectivity index (χ3n) is 6.49. The van der Waals surface area contributed by atoms with Crippen LogP contribution in [-0.4, -0.2) is 56.6 Å². The molecular weight excluding hydrogens is 443 g/mol. The molecule has 0 radical (unpaired) electrons. The van der Waals surface area contributed by atoms with Gasteiger partial charge in [-0.15, -0.1) is 0 Å². The maximum Gasteiger partial charge on any atom is 0.413 e. The molecule has 3 aromatic heterocycles. The second-order valence-corrected chi connectivity index (χ2v) is 8.71. The number of amides is 1. The minimum atomic E-state index is -0.571. The molecular formula is C23H27FN6O4. The lowest BCUT2D eigenvalue weighted by Crippen LogP contribution is -2.40. The van der Waals surface area contributed by atoms with Crippen molar-refractivity contribution in [3.63, 3.8) is 0 Å². The van der Waals surface area contributed by atoms with Gasteiger partial charge in [0, 0.05) is 24.3 Å². The number of aromatic nitrogens is 4. The van der Waals surface area contributed by atoms with Gasteiger partial charge in [0.1, 0.15) is 11.6 Å². The van der Waals surface area contributed by atoms with Gasteiger partial charge < -0.3 is 24.8 Å². The first-order valence-corrected chi connectivity index (χ1v) is 11.5. The molecule has 0 bridgehead atoms. The van der Waals surface area contributed by atoms with E-state index >= 15 is 0 Å². The van der Waals surface area contributed by atoms with Crippen molar-refractivity contribution in [1.82, 2.24) is 24.9 Å². The molecule has 0 aromatic carbocycles. The lowest BCUT2D eigenvalue weighted by molar-refractivity contribution is 0.115. The number of anilines is 1. The van der Waals surface area contributed by atoms with Gasteiger partial charge in [-0.2, -0.15) is 5.10 Å². The van der Waals surface area contributed by atoms with Crippen molar-refractivity contribution in [2.45, 2.75) is 56.7 Å². The normalized spacial score (nSPS) is 22.7. The number of methoxy groups -OCH3 is 1. The quantitative estimate of drug-likeness (QED) is 0.585. The number of pyridine rings is 1. The molecule has 1 amide bonds. The molecule has 1 saturated heterocycles. The summed E-state index contributed by atoms with van der Waals surface area (Å²) in [6.45, 7) is 0.728. The van der Waals surface area contributed by atoms with Crippen LogP contribution in [-0.2, 0) is 0 Å². The maximum atomic E-state index is 14.0. The van der Waals surface area contributed by atoms with Crippen molar-refractivity contribution in [2.75, 3.05) is 18.6 Å². The molecule has 10 nitrogen and oxygen atoms in total. The fourth-order valence-electron chi connectivity index (χ4n) is 4.80. The number of fused-ring (bicyclic) bond motifs is 1. The smallest absolute Gasteiger partial charge is 0.413 e. The first-order chi connectivity index (χ1) is 16.5. The Hall–Kier alpha value is -3.47. The number of aliphatic hydroxyl groups is 1. The number of carbonyl (C=O) groups excluding carboxylic acids is 1. The molecule has 5 rings (SSSR count). The third kappa shape index (κ3) is 4.47. The van der Waals surface area contributed by atoms with Crippen LogP contribution in [0.1, 0.15) is 50.1 Å². The number of halogens is 1. The second-order valence-electron chi connectivity index (χ2n) is 8.71. The van der Waals surface area contributed by atoms with E-state index in [0.717, 1.165) is 25.6 Å². The zero-order chi connectivity index (χ0) is 23.7. The minimum absolute atomic E-state index is 0.0264. The Morgan fingerprint density at radius 1 is 1.24 bits per heavy atom. The second kappa shape index (κ2) is 9.41. The average molecular weight is 471 g/mol. The molecule has 180 valence electrons. The lowest BCUT2D eigenvalue weighted by atomic mass is 9.93. The van der Waals surface area contributed by atoms with E-state index in [1.807, 2.05) is 6.07 Å². The van der Waals surface area contributed by atoms with Gasteiger partial charge >= 0.3 is 6.09 Å². The SMILES string of the molecule is COc1ncc(F)cc1[C@H]1CCCN1c1ccn2ncc(OC(=O)NC3CCC(O)CC3)c2n1. The fourth-order valence-corrected chi connectivity index (χ4v) is 4.80. The molecule has 34 heavy (non-hydrogen) atoms. The van der Waals surface area contributed by atoms with Crippen LogP contribution in [0.25, 0.3) is 5.65 Å².